The molecule has 1 aliphatic heterocycles. The van der Waals surface area contributed by atoms with Crippen molar-refractivity contribution < 1.29 is 28.9 Å². The third-order valence-corrected chi connectivity index (χ3v) is 6.45. The highest BCUT2D eigenvalue weighted by atomic mass is 35.5. The maximum absolute atomic E-state index is 13.2. The minimum Gasteiger partial charge on any atom is -0.507 e. The summed E-state index contributed by atoms with van der Waals surface area (Å²) in [5.74, 6) is -1.01. The van der Waals surface area contributed by atoms with Gasteiger partial charge in [0.2, 0.25) is 0 Å². The number of hydrogen-bond acceptors (Lipinski definition) is 6. The predicted molar refractivity (Wildman–Crippen MR) is 141 cm³/mol. The summed E-state index contributed by atoms with van der Waals surface area (Å²) in [5, 5.41) is 11.7. The number of nitrogens with zero attached hydrogens (tertiary/aromatic N) is 1. The molecule has 192 valence electrons. The topological polar surface area (TPSA) is 85.3 Å². The Balaban J connectivity index is 1.75. The van der Waals surface area contributed by atoms with Gasteiger partial charge in [0.1, 0.15) is 23.9 Å². The molecule has 3 aromatic rings. The molecular formula is C29H28ClNO6. The van der Waals surface area contributed by atoms with E-state index in [1.54, 1.807) is 36.4 Å². The number of aliphatic hydroxyl groups excluding tert-OH is 1. The van der Waals surface area contributed by atoms with E-state index in [1.807, 2.05) is 37.3 Å². The van der Waals surface area contributed by atoms with Crippen molar-refractivity contribution in [1.29, 1.82) is 0 Å². The van der Waals surface area contributed by atoms with Crippen LogP contribution in [0.15, 0.2) is 72.3 Å². The maximum atomic E-state index is 13.2. The van der Waals surface area contributed by atoms with Crippen LogP contribution < -0.4 is 9.47 Å². The molecule has 1 fully saturated rings. The number of carbonyl (C=O) groups is 2. The van der Waals surface area contributed by atoms with E-state index in [4.69, 9.17) is 25.8 Å². The van der Waals surface area contributed by atoms with Crippen molar-refractivity contribution in [3.05, 3.63) is 99.6 Å². The molecule has 1 unspecified atom stereocenters. The molecule has 0 bridgehead atoms. The summed E-state index contributed by atoms with van der Waals surface area (Å²) in [6, 6.07) is 19.4. The fraction of sp³-hybridized carbons (Fsp3) is 0.241. The zero-order valence-corrected chi connectivity index (χ0v) is 21.6. The predicted octanol–water partition coefficient (Wildman–Crippen LogP) is 5.30. The molecule has 4 rings (SSSR count). The van der Waals surface area contributed by atoms with Gasteiger partial charge in [-0.25, -0.2) is 0 Å². The molecule has 1 saturated heterocycles. The van der Waals surface area contributed by atoms with Gasteiger partial charge in [-0.1, -0.05) is 54.1 Å². The first-order valence-corrected chi connectivity index (χ1v) is 12.1. The number of ether oxygens (including phenoxy) is 3. The average molecular weight is 522 g/mol. The normalized spacial score (nSPS) is 16.8. The summed E-state index contributed by atoms with van der Waals surface area (Å²) in [7, 11) is 2.94. The van der Waals surface area contributed by atoms with Crippen molar-refractivity contribution >= 4 is 29.1 Å². The third kappa shape index (κ3) is 5.48. The number of methoxy groups -OCH3 is 2. The summed E-state index contributed by atoms with van der Waals surface area (Å²) in [6.45, 7) is 2.60. The van der Waals surface area contributed by atoms with Crippen LogP contribution in [0.25, 0.3) is 5.76 Å². The summed E-state index contributed by atoms with van der Waals surface area (Å²) in [4.78, 5) is 27.7. The number of benzene rings is 3. The van der Waals surface area contributed by atoms with Gasteiger partial charge in [-0.3, -0.25) is 9.59 Å². The van der Waals surface area contributed by atoms with Crippen LogP contribution in [-0.4, -0.2) is 49.1 Å². The first kappa shape index (κ1) is 26.3. The highest BCUT2D eigenvalue weighted by Crippen LogP contribution is 2.42. The lowest BCUT2D eigenvalue weighted by molar-refractivity contribution is -0.140. The van der Waals surface area contributed by atoms with Gasteiger partial charge in [0, 0.05) is 13.7 Å². The molecule has 1 aliphatic rings. The standard InChI is InChI=1S/C29H28ClNO6/c1-18-15-22(28(36-3)23(30)16-18)26(32)24-25(31(13-14-35-2)29(34)27(24)33)20-9-11-21(12-10-20)37-17-19-7-5-4-6-8-19/h4-12,15-16,25,32H,13-14,17H2,1-3H3/b26-24+. The van der Waals surface area contributed by atoms with Gasteiger partial charge in [-0.15, -0.1) is 0 Å². The van der Waals surface area contributed by atoms with E-state index < -0.39 is 17.7 Å². The van der Waals surface area contributed by atoms with E-state index in [-0.39, 0.29) is 40.8 Å². The molecule has 3 aromatic carbocycles. The van der Waals surface area contributed by atoms with Gasteiger partial charge in [0.25, 0.3) is 11.7 Å². The Bertz CT molecular complexity index is 1320. The summed E-state index contributed by atoms with van der Waals surface area (Å²) in [5.41, 5.74) is 2.63. The molecule has 1 atom stereocenters. The van der Waals surface area contributed by atoms with Crippen molar-refractivity contribution in [3.63, 3.8) is 0 Å². The smallest absolute Gasteiger partial charge is 0.295 e. The monoisotopic (exact) mass is 521 g/mol. The summed E-state index contributed by atoms with van der Waals surface area (Å²) >= 11 is 6.34. The molecule has 0 aliphatic carbocycles. The number of Topliss-reactive ketones (excluding diaryl/α,β-unsaturated/α-hetero) is 1. The number of ketones is 1. The second kappa shape index (κ2) is 11.5. The Morgan fingerprint density at radius 2 is 1.73 bits per heavy atom. The van der Waals surface area contributed by atoms with E-state index in [0.717, 1.165) is 11.1 Å². The lowest BCUT2D eigenvalue weighted by Gasteiger charge is -2.25. The number of aryl methyl sites for hydroxylation is 1. The fourth-order valence-electron chi connectivity index (χ4n) is 4.39. The van der Waals surface area contributed by atoms with Crippen molar-refractivity contribution in [2.24, 2.45) is 0 Å². The van der Waals surface area contributed by atoms with Crippen LogP contribution in [0, 0.1) is 6.92 Å². The maximum Gasteiger partial charge on any atom is 0.295 e. The number of halogens is 1. The molecule has 8 heteroatoms. The van der Waals surface area contributed by atoms with Crippen LogP contribution in [0.5, 0.6) is 11.5 Å². The minimum absolute atomic E-state index is 0.0426. The molecule has 7 nitrogen and oxygen atoms in total. The second-order valence-electron chi connectivity index (χ2n) is 8.66. The van der Waals surface area contributed by atoms with Gasteiger partial charge in [-0.05, 0) is 47.9 Å². The lowest BCUT2D eigenvalue weighted by atomic mass is 9.94. The van der Waals surface area contributed by atoms with Crippen molar-refractivity contribution in [1.82, 2.24) is 4.90 Å². The van der Waals surface area contributed by atoms with E-state index in [0.29, 0.717) is 17.9 Å². The van der Waals surface area contributed by atoms with Crippen LogP contribution in [0.3, 0.4) is 0 Å². The molecule has 0 spiro atoms. The zero-order chi connectivity index (χ0) is 26.5. The zero-order valence-electron chi connectivity index (χ0n) is 20.9. The molecule has 0 saturated carbocycles. The van der Waals surface area contributed by atoms with Crippen molar-refractivity contribution in [2.45, 2.75) is 19.6 Å². The van der Waals surface area contributed by atoms with Gasteiger partial charge in [0.05, 0.1) is 35.9 Å². The highest BCUT2D eigenvalue weighted by molar-refractivity contribution is 6.46. The highest BCUT2D eigenvalue weighted by Gasteiger charge is 2.46. The first-order chi connectivity index (χ1) is 17.8. The van der Waals surface area contributed by atoms with Crippen molar-refractivity contribution in [2.75, 3.05) is 27.4 Å². The van der Waals surface area contributed by atoms with E-state index >= 15 is 0 Å². The lowest BCUT2D eigenvalue weighted by Crippen LogP contribution is -2.32. The Labute approximate surface area is 220 Å². The molecule has 1 amide bonds. The van der Waals surface area contributed by atoms with E-state index in [9.17, 15) is 14.7 Å². The molecule has 37 heavy (non-hydrogen) atoms. The number of likely N-dealkylation sites (tertiary alicyclic amines) is 1. The van der Waals surface area contributed by atoms with Crippen LogP contribution in [0.2, 0.25) is 5.02 Å². The second-order valence-corrected chi connectivity index (χ2v) is 9.06. The average Bonchev–Trinajstić information content (AvgIpc) is 3.15. The molecule has 0 aromatic heterocycles. The Kier molecular flexibility index (Phi) is 8.16. The first-order valence-electron chi connectivity index (χ1n) is 11.7. The number of aliphatic hydroxyl groups is 1. The van der Waals surface area contributed by atoms with Crippen LogP contribution in [0.4, 0.5) is 0 Å². The fourth-order valence-corrected chi connectivity index (χ4v) is 4.74. The Morgan fingerprint density at radius 1 is 1.03 bits per heavy atom. The Morgan fingerprint density at radius 3 is 2.38 bits per heavy atom. The quantitative estimate of drug-likeness (QED) is 0.233. The summed E-state index contributed by atoms with van der Waals surface area (Å²) < 4.78 is 16.5. The van der Waals surface area contributed by atoms with Gasteiger partial charge >= 0.3 is 0 Å². The number of carbonyl (C=O) groups excluding carboxylic acids is 2. The third-order valence-electron chi connectivity index (χ3n) is 6.17. The van der Waals surface area contributed by atoms with Gasteiger partial charge < -0.3 is 24.2 Å². The molecule has 0 radical (unpaired) electrons. The minimum atomic E-state index is -0.831. The van der Waals surface area contributed by atoms with E-state index in [2.05, 4.69) is 0 Å². The van der Waals surface area contributed by atoms with Gasteiger partial charge in [0.15, 0.2) is 0 Å². The molecular weight excluding hydrogens is 494 g/mol. The van der Waals surface area contributed by atoms with Crippen LogP contribution >= 0.6 is 11.6 Å². The van der Waals surface area contributed by atoms with Gasteiger partial charge in [-0.2, -0.15) is 0 Å². The van der Waals surface area contributed by atoms with Crippen molar-refractivity contribution in [3.8, 4) is 11.5 Å². The summed E-state index contributed by atoms with van der Waals surface area (Å²) in [6.07, 6.45) is 0. The number of hydrogen-bond donors (Lipinski definition) is 1. The van der Waals surface area contributed by atoms with Crippen LogP contribution in [0.1, 0.15) is 28.3 Å². The van der Waals surface area contributed by atoms with Crippen LogP contribution in [-0.2, 0) is 20.9 Å². The van der Waals surface area contributed by atoms with E-state index in [1.165, 1.54) is 19.1 Å². The Hall–Kier alpha value is -3.81. The largest absolute Gasteiger partial charge is 0.507 e. The number of rotatable bonds is 9. The number of amides is 1. The molecule has 1 N–H and O–H groups in total. The molecule has 1 heterocycles. The SMILES string of the molecule is COCCN1C(=O)C(=O)/C(=C(/O)c2cc(C)cc(Cl)c2OC)C1c1ccc(OCc2ccccc2)cc1.